The molecule has 1 aromatic carbocycles. The molecule has 2 aliphatic rings. The molecule has 1 saturated heterocycles. The molecule has 122 valence electrons. The van der Waals surface area contributed by atoms with Gasteiger partial charge in [-0.2, -0.15) is 0 Å². The van der Waals surface area contributed by atoms with E-state index in [0.29, 0.717) is 17.8 Å². The molecule has 24 heavy (non-hydrogen) atoms. The summed E-state index contributed by atoms with van der Waals surface area (Å²) < 4.78 is 0. The molecule has 2 aromatic rings. The number of anilines is 1. The summed E-state index contributed by atoms with van der Waals surface area (Å²) in [5.74, 6) is 0.629. The second-order valence-electron chi connectivity index (χ2n) is 6.26. The van der Waals surface area contributed by atoms with Gasteiger partial charge >= 0.3 is 0 Å². The molecule has 0 aliphatic carbocycles. The van der Waals surface area contributed by atoms with Gasteiger partial charge in [-0.3, -0.25) is 14.5 Å². The molecule has 5 heteroatoms. The Labute approximate surface area is 140 Å². The predicted molar refractivity (Wildman–Crippen MR) is 90.7 cm³/mol. The van der Waals surface area contributed by atoms with Gasteiger partial charge in [0.1, 0.15) is 5.82 Å². The van der Waals surface area contributed by atoms with E-state index < -0.39 is 0 Å². The Kier molecular flexibility index (Phi) is 3.76. The van der Waals surface area contributed by atoms with Crippen LogP contribution in [0.25, 0.3) is 0 Å². The minimum Gasteiger partial charge on any atom is -0.343 e. The zero-order valence-corrected chi connectivity index (χ0v) is 13.4. The number of likely N-dealkylation sites (tertiary alicyclic amines) is 1. The van der Waals surface area contributed by atoms with Crippen LogP contribution < -0.4 is 4.90 Å². The first-order valence-electron chi connectivity index (χ1n) is 8.37. The number of pyridine rings is 1. The van der Waals surface area contributed by atoms with Crippen LogP contribution in [0.2, 0.25) is 0 Å². The standard InChI is InChI=1S/C19H19N3O2/c23-18(21-11-5-6-12-21)13-16-14-7-1-2-8-15(14)19(24)22(16)17-9-3-4-10-20-17/h1-4,7-10,16H,5-6,11-13H2. The molecule has 0 spiro atoms. The van der Waals surface area contributed by atoms with Crippen molar-refractivity contribution in [2.45, 2.75) is 25.3 Å². The summed E-state index contributed by atoms with van der Waals surface area (Å²) in [5, 5.41) is 0. The normalized spacial score (nSPS) is 19.7. The third kappa shape index (κ3) is 2.46. The van der Waals surface area contributed by atoms with Crippen molar-refractivity contribution in [3.8, 4) is 0 Å². The van der Waals surface area contributed by atoms with Crippen LogP contribution in [-0.4, -0.2) is 34.8 Å². The molecule has 2 amide bonds. The zero-order valence-electron chi connectivity index (χ0n) is 13.4. The third-order valence-electron chi connectivity index (χ3n) is 4.80. The highest BCUT2D eigenvalue weighted by molar-refractivity contribution is 6.11. The third-order valence-corrected chi connectivity index (χ3v) is 4.80. The van der Waals surface area contributed by atoms with E-state index in [9.17, 15) is 9.59 Å². The predicted octanol–water partition coefficient (Wildman–Crippen LogP) is 2.80. The monoisotopic (exact) mass is 321 g/mol. The molecule has 4 rings (SSSR count). The number of hydrogen-bond donors (Lipinski definition) is 0. The minimum absolute atomic E-state index is 0.0801. The molecule has 0 saturated carbocycles. The molecular weight excluding hydrogens is 302 g/mol. The Balaban J connectivity index is 1.69. The Morgan fingerprint density at radius 1 is 1.08 bits per heavy atom. The maximum absolute atomic E-state index is 12.9. The van der Waals surface area contributed by atoms with E-state index in [0.717, 1.165) is 31.5 Å². The number of benzene rings is 1. The van der Waals surface area contributed by atoms with Crippen molar-refractivity contribution >= 4 is 17.6 Å². The average Bonchev–Trinajstić information content (AvgIpc) is 3.24. The fourth-order valence-corrected chi connectivity index (χ4v) is 3.61. The lowest BCUT2D eigenvalue weighted by Gasteiger charge is -2.26. The van der Waals surface area contributed by atoms with Gasteiger partial charge < -0.3 is 4.90 Å². The van der Waals surface area contributed by atoms with Gasteiger partial charge in [-0.25, -0.2) is 4.98 Å². The van der Waals surface area contributed by atoms with Gasteiger partial charge in [0.2, 0.25) is 5.91 Å². The van der Waals surface area contributed by atoms with E-state index in [-0.39, 0.29) is 17.9 Å². The molecule has 1 unspecified atom stereocenters. The summed E-state index contributed by atoms with van der Waals surface area (Å²) >= 11 is 0. The molecule has 5 nitrogen and oxygen atoms in total. The fourth-order valence-electron chi connectivity index (χ4n) is 3.61. The van der Waals surface area contributed by atoms with Crippen molar-refractivity contribution in [1.29, 1.82) is 0 Å². The highest BCUT2D eigenvalue weighted by atomic mass is 16.2. The van der Waals surface area contributed by atoms with Crippen molar-refractivity contribution in [1.82, 2.24) is 9.88 Å². The van der Waals surface area contributed by atoms with Crippen molar-refractivity contribution in [2.75, 3.05) is 18.0 Å². The number of amides is 2. The maximum Gasteiger partial charge on any atom is 0.260 e. The SMILES string of the molecule is O=C(CC1c2ccccc2C(=O)N1c1ccccn1)N1CCCC1. The van der Waals surface area contributed by atoms with E-state index in [2.05, 4.69) is 4.98 Å². The van der Waals surface area contributed by atoms with Crippen LogP contribution in [-0.2, 0) is 4.79 Å². The van der Waals surface area contributed by atoms with E-state index >= 15 is 0 Å². The summed E-state index contributed by atoms with van der Waals surface area (Å²) in [6, 6.07) is 12.8. The second-order valence-corrected chi connectivity index (χ2v) is 6.26. The van der Waals surface area contributed by atoms with Crippen molar-refractivity contribution in [3.05, 3.63) is 59.8 Å². The van der Waals surface area contributed by atoms with E-state index in [1.54, 1.807) is 11.1 Å². The molecule has 1 fully saturated rings. The van der Waals surface area contributed by atoms with Crippen LogP contribution >= 0.6 is 0 Å². The molecule has 2 aliphatic heterocycles. The summed E-state index contributed by atoms with van der Waals surface area (Å²) in [5.41, 5.74) is 1.59. The van der Waals surface area contributed by atoms with Gasteiger partial charge in [-0.05, 0) is 36.6 Å². The van der Waals surface area contributed by atoms with Crippen LogP contribution in [0.3, 0.4) is 0 Å². The molecule has 0 bridgehead atoms. The smallest absolute Gasteiger partial charge is 0.260 e. The highest BCUT2D eigenvalue weighted by Crippen LogP contribution is 2.38. The lowest BCUT2D eigenvalue weighted by molar-refractivity contribution is -0.130. The quantitative estimate of drug-likeness (QED) is 0.873. The van der Waals surface area contributed by atoms with Crippen LogP contribution in [0.5, 0.6) is 0 Å². The Morgan fingerprint density at radius 2 is 1.83 bits per heavy atom. The minimum atomic E-state index is -0.281. The highest BCUT2D eigenvalue weighted by Gasteiger charge is 2.39. The fraction of sp³-hybridized carbons (Fsp3) is 0.316. The van der Waals surface area contributed by atoms with Gasteiger partial charge in [-0.1, -0.05) is 24.3 Å². The summed E-state index contributed by atoms with van der Waals surface area (Å²) in [6.07, 6.45) is 4.11. The molecule has 1 atom stereocenters. The topological polar surface area (TPSA) is 53.5 Å². The Hall–Kier alpha value is -2.69. The second kappa shape index (κ2) is 6.07. The summed E-state index contributed by atoms with van der Waals surface area (Å²) in [6.45, 7) is 1.65. The number of carbonyl (C=O) groups is 2. The summed E-state index contributed by atoms with van der Waals surface area (Å²) in [4.78, 5) is 33.4. The number of hydrogen-bond acceptors (Lipinski definition) is 3. The Bertz CT molecular complexity index is 769. The molecule has 0 N–H and O–H groups in total. The first-order valence-corrected chi connectivity index (χ1v) is 8.37. The number of fused-ring (bicyclic) bond motifs is 1. The molecule has 1 aromatic heterocycles. The van der Waals surface area contributed by atoms with Crippen molar-refractivity contribution in [3.63, 3.8) is 0 Å². The first kappa shape index (κ1) is 14.9. The number of aromatic nitrogens is 1. The number of carbonyl (C=O) groups excluding carboxylic acids is 2. The van der Waals surface area contributed by atoms with Crippen LogP contribution in [0, 0.1) is 0 Å². The van der Waals surface area contributed by atoms with E-state index in [1.165, 1.54) is 0 Å². The first-order chi connectivity index (χ1) is 11.8. The van der Waals surface area contributed by atoms with Gasteiger partial charge in [-0.15, -0.1) is 0 Å². The maximum atomic E-state index is 12.9. The Morgan fingerprint density at radius 3 is 2.58 bits per heavy atom. The van der Waals surface area contributed by atoms with Crippen LogP contribution in [0.15, 0.2) is 48.7 Å². The van der Waals surface area contributed by atoms with Gasteiger partial charge in [0, 0.05) is 24.8 Å². The van der Waals surface area contributed by atoms with Gasteiger partial charge in [0.25, 0.3) is 5.91 Å². The summed E-state index contributed by atoms with van der Waals surface area (Å²) in [7, 11) is 0. The van der Waals surface area contributed by atoms with Crippen LogP contribution in [0.1, 0.15) is 41.2 Å². The van der Waals surface area contributed by atoms with Gasteiger partial charge in [0.05, 0.1) is 12.5 Å². The van der Waals surface area contributed by atoms with Crippen LogP contribution in [0.4, 0.5) is 5.82 Å². The molecular formula is C19H19N3O2. The van der Waals surface area contributed by atoms with Crippen molar-refractivity contribution < 1.29 is 9.59 Å². The van der Waals surface area contributed by atoms with E-state index in [4.69, 9.17) is 0 Å². The number of rotatable bonds is 3. The largest absolute Gasteiger partial charge is 0.343 e. The lowest BCUT2D eigenvalue weighted by Crippen LogP contribution is -2.34. The lowest BCUT2D eigenvalue weighted by atomic mass is 10.0. The zero-order chi connectivity index (χ0) is 16.5. The average molecular weight is 321 g/mol. The van der Waals surface area contributed by atoms with Gasteiger partial charge in [0.15, 0.2) is 0 Å². The molecule has 3 heterocycles. The van der Waals surface area contributed by atoms with E-state index in [1.807, 2.05) is 47.4 Å². The number of nitrogens with zero attached hydrogens (tertiary/aromatic N) is 3. The molecule has 0 radical (unpaired) electrons. The van der Waals surface area contributed by atoms with Crippen molar-refractivity contribution in [2.24, 2.45) is 0 Å².